The van der Waals surface area contributed by atoms with Crippen molar-refractivity contribution in [3.8, 4) is 5.75 Å². The minimum Gasteiger partial charge on any atom is -0.494 e. The fourth-order valence-electron chi connectivity index (χ4n) is 2.10. The molecule has 4 nitrogen and oxygen atoms in total. The van der Waals surface area contributed by atoms with E-state index in [1.807, 2.05) is 24.1 Å². The number of hydrogen-bond donors (Lipinski definition) is 1. The maximum atomic E-state index is 5.77. The summed E-state index contributed by atoms with van der Waals surface area (Å²) in [6.45, 7) is 4.54. The van der Waals surface area contributed by atoms with E-state index in [1.165, 1.54) is 5.56 Å². The molecule has 1 aromatic carbocycles. The molecule has 0 bridgehead atoms. The molecular formula is C14H21N3O. The number of benzene rings is 1. The Labute approximate surface area is 108 Å². The SMILES string of the molecule is CCCOc1cccc(C2CN=C(N)N(C)C2)c1. The summed E-state index contributed by atoms with van der Waals surface area (Å²) >= 11 is 0. The van der Waals surface area contributed by atoms with Gasteiger partial charge in [0.2, 0.25) is 0 Å². The standard InChI is InChI=1S/C14H21N3O/c1-3-7-18-13-6-4-5-11(8-13)12-9-16-14(15)17(2)10-12/h4-6,8,12H,3,7,9-10H2,1-2H3,(H2,15,16). The third-order valence-corrected chi connectivity index (χ3v) is 3.16. The van der Waals surface area contributed by atoms with Crippen LogP contribution in [-0.2, 0) is 0 Å². The lowest BCUT2D eigenvalue weighted by atomic mass is 9.97. The van der Waals surface area contributed by atoms with Gasteiger partial charge in [-0.15, -0.1) is 0 Å². The normalized spacial score (nSPS) is 19.6. The van der Waals surface area contributed by atoms with Crippen LogP contribution < -0.4 is 10.5 Å². The largest absolute Gasteiger partial charge is 0.494 e. The number of ether oxygens (including phenoxy) is 1. The molecular weight excluding hydrogens is 226 g/mol. The highest BCUT2D eigenvalue weighted by Crippen LogP contribution is 2.24. The summed E-state index contributed by atoms with van der Waals surface area (Å²) in [5.41, 5.74) is 7.04. The van der Waals surface area contributed by atoms with Crippen molar-refractivity contribution >= 4 is 5.96 Å². The Kier molecular flexibility index (Phi) is 4.07. The Balaban J connectivity index is 2.09. The zero-order valence-electron chi connectivity index (χ0n) is 11.1. The van der Waals surface area contributed by atoms with Crippen molar-refractivity contribution in [3.05, 3.63) is 29.8 Å². The molecule has 1 atom stereocenters. The predicted molar refractivity (Wildman–Crippen MR) is 74.1 cm³/mol. The summed E-state index contributed by atoms with van der Waals surface area (Å²) < 4.78 is 5.66. The highest BCUT2D eigenvalue weighted by Gasteiger charge is 2.19. The third-order valence-electron chi connectivity index (χ3n) is 3.16. The van der Waals surface area contributed by atoms with Gasteiger partial charge in [0.15, 0.2) is 5.96 Å². The molecule has 1 aromatic rings. The number of likely N-dealkylation sites (N-methyl/N-ethyl adjacent to an activating group) is 1. The Morgan fingerprint density at radius 1 is 1.50 bits per heavy atom. The summed E-state index contributed by atoms with van der Waals surface area (Å²) in [7, 11) is 1.97. The maximum Gasteiger partial charge on any atom is 0.191 e. The van der Waals surface area contributed by atoms with Crippen LogP contribution in [0.1, 0.15) is 24.8 Å². The minimum absolute atomic E-state index is 0.396. The average Bonchev–Trinajstić information content (AvgIpc) is 2.40. The van der Waals surface area contributed by atoms with Crippen molar-refractivity contribution in [1.82, 2.24) is 4.90 Å². The van der Waals surface area contributed by atoms with Crippen LogP contribution >= 0.6 is 0 Å². The van der Waals surface area contributed by atoms with E-state index < -0.39 is 0 Å². The molecule has 0 radical (unpaired) electrons. The van der Waals surface area contributed by atoms with E-state index in [4.69, 9.17) is 10.5 Å². The molecule has 1 heterocycles. The number of guanidine groups is 1. The average molecular weight is 247 g/mol. The van der Waals surface area contributed by atoms with Crippen molar-refractivity contribution < 1.29 is 4.74 Å². The van der Waals surface area contributed by atoms with E-state index >= 15 is 0 Å². The second-order valence-corrected chi connectivity index (χ2v) is 4.70. The van der Waals surface area contributed by atoms with E-state index in [9.17, 15) is 0 Å². The Hall–Kier alpha value is -1.71. The quantitative estimate of drug-likeness (QED) is 0.883. The lowest BCUT2D eigenvalue weighted by Gasteiger charge is -2.29. The van der Waals surface area contributed by atoms with Crippen molar-refractivity contribution in [2.24, 2.45) is 10.7 Å². The number of nitrogens with zero attached hydrogens (tertiary/aromatic N) is 2. The lowest BCUT2D eigenvalue weighted by Crippen LogP contribution is -2.41. The van der Waals surface area contributed by atoms with Crippen LogP contribution in [0.5, 0.6) is 5.75 Å². The topological polar surface area (TPSA) is 50.9 Å². The molecule has 2 rings (SSSR count). The van der Waals surface area contributed by atoms with Gasteiger partial charge in [-0.2, -0.15) is 0 Å². The molecule has 18 heavy (non-hydrogen) atoms. The van der Waals surface area contributed by atoms with E-state index in [0.717, 1.165) is 31.9 Å². The molecule has 4 heteroatoms. The molecule has 98 valence electrons. The van der Waals surface area contributed by atoms with Crippen molar-refractivity contribution in [2.45, 2.75) is 19.3 Å². The summed E-state index contributed by atoms with van der Waals surface area (Å²) in [6.07, 6.45) is 1.03. The monoisotopic (exact) mass is 247 g/mol. The Bertz CT molecular complexity index is 431. The fourth-order valence-corrected chi connectivity index (χ4v) is 2.10. The summed E-state index contributed by atoms with van der Waals surface area (Å²) in [5.74, 6) is 1.97. The molecule has 0 fully saturated rings. The molecule has 0 saturated carbocycles. The zero-order valence-corrected chi connectivity index (χ0v) is 11.1. The van der Waals surface area contributed by atoms with Gasteiger partial charge in [-0.05, 0) is 24.1 Å². The Morgan fingerprint density at radius 2 is 2.33 bits per heavy atom. The first-order chi connectivity index (χ1) is 8.70. The van der Waals surface area contributed by atoms with Gasteiger partial charge < -0.3 is 15.4 Å². The van der Waals surface area contributed by atoms with Gasteiger partial charge >= 0.3 is 0 Å². The van der Waals surface area contributed by atoms with Crippen LogP contribution in [0.4, 0.5) is 0 Å². The number of aliphatic imine (C=N–C) groups is 1. The van der Waals surface area contributed by atoms with Gasteiger partial charge in [0.25, 0.3) is 0 Å². The fraction of sp³-hybridized carbons (Fsp3) is 0.500. The van der Waals surface area contributed by atoms with Crippen molar-refractivity contribution in [2.75, 3.05) is 26.7 Å². The highest BCUT2D eigenvalue weighted by molar-refractivity contribution is 5.78. The maximum absolute atomic E-state index is 5.77. The Morgan fingerprint density at radius 3 is 3.06 bits per heavy atom. The molecule has 0 spiro atoms. The molecule has 1 aliphatic heterocycles. The first-order valence-corrected chi connectivity index (χ1v) is 6.44. The molecule has 0 aliphatic carbocycles. The van der Waals surface area contributed by atoms with Gasteiger partial charge in [-0.1, -0.05) is 19.1 Å². The minimum atomic E-state index is 0.396. The van der Waals surface area contributed by atoms with E-state index in [0.29, 0.717) is 11.9 Å². The molecule has 1 aliphatic rings. The smallest absolute Gasteiger partial charge is 0.191 e. The number of hydrogen-bond acceptors (Lipinski definition) is 4. The van der Waals surface area contributed by atoms with Crippen LogP contribution in [0.3, 0.4) is 0 Å². The zero-order chi connectivity index (χ0) is 13.0. The first-order valence-electron chi connectivity index (χ1n) is 6.44. The summed E-state index contributed by atoms with van der Waals surface area (Å²) in [4.78, 5) is 6.33. The molecule has 0 aromatic heterocycles. The van der Waals surface area contributed by atoms with E-state index in [2.05, 4.69) is 24.0 Å². The van der Waals surface area contributed by atoms with Gasteiger partial charge in [0, 0.05) is 19.5 Å². The van der Waals surface area contributed by atoms with Crippen LogP contribution in [0.25, 0.3) is 0 Å². The number of nitrogens with two attached hydrogens (primary N) is 1. The van der Waals surface area contributed by atoms with E-state index in [-0.39, 0.29) is 0 Å². The second kappa shape index (κ2) is 5.76. The van der Waals surface area contributed by atoms with Crippen molar-refractivity contribution in [3.63, 3.8) is 0 Å². The van der Waals surface area contributed by atoms with Crippen LogP contribution in [0, 0.1) is 0 Å². The van der Waals surface area contributed by atoms with E-state index in [1.54, 1.807) is 0 Å². The molecule has 1 unspecified atom stereocenters. The van der Waals surface area contributed by atoms with Gasteiger partial charge in [-0.25, -0.2) is 0 Å². The lowest BCUT2D eigenvalue weighted by molar-refractivity contribution is 0.316. The molecule has 0 saturated heterocycles. The van der Waals surface area contributed by atoms with Crippen LogP contribution in [0.2, 0.25) is 0 Å². The first kappa shape index (κ1) is 12.7. The highest BCUT2D eigenvalue weighted by atomic mass is 16.5. The third kappa shape index (κ3) is 2.94. The molecule has 2 N–H and O–H groups in total. The predicted octanol–water partition coefficient (Wildman–Crippen LogP) is 1.82. The second-order valence-electron chi connectivity index (χ2n) is 4.70. The van der Waals surface area contributed by atoms with Gasteiger partial charge in [0.1, 0.15) is 5.75 Å². The summed E-state index contributed by atoms with van der Waals surface area (Å²) in [5, 5.41) is 0. The van der Waals surface area contributed by atoms with Crippen molar-refractivity contribution in [1.29, 1.82) is 0 Å². The number of rotatable bonds is 4. The van der Waals surface area contributed by atoms with Gasteiger partial charge in [0.05, 0.1) is 13.2 Å². The van der Waals surface area contributed by atoms with Gasteiger partial charge in [-0.3, -0.25) is 4.99 Å². The van der Waals surface area contributed by atoms with Crippen LogP contribution in [0.15, 0.2) is 29.3 Å². The molecule has 0 amide bonds. The summed E-state index contributed by atoms with van der Waals surface area (Å²) in [6, 6.07) is 8.30. The van der Waals surface area contributed by atoms with Crippen LogP contribution in [-0.4, -0.2) is 37.6 Å².